The predicted molar refractivity (Wildman–Crippen MR) is 109 cm³/mol. The second-order valence-corrected chi connectivity index (χ2v) is 6.35. The fourth-order valence-corrected chi connectivity index (χ4v) is 3.04. The second kappa shape index (κ2) is 10.8. The van der Waals surface area contributed by atoms with E-state index in [0.717, 1.165) is 46.6 Å². The first-order valence-corrected chi connectivity index (χ1v) is 9.27. The van der Waals surface area contributed by atoms with Gasteiger partial charge in [0.2, 0.25) is 0 Å². The summed E-state index contributed by atoms with van der Waals surface area (Å²) in [5, 5.41) is 11.5. The Morgan fingerprint density at radius 2 is 1.96 bits per heavy atom. The summed E-state index contributed by atoms with van der Waals surface area (Å²) in [6, 6.07) is 0. The molecule has 0 bridgehead atoms. The zero-order chi connectivity index (χ0) is 19.2. The van der Waals surface area contributed by atoms with Crippen molar-refractivity contribution in [3.63, 3.8) is 0 Å². The topological polar surface area (TPSA) is 75.3 Å². The maximum absolute atomic E-state index is 12.6. The molecule has 0 aliphatic heterocycles. The zero-order valence-electron chi connectivity index (χ0n) is 15.3. The molecule has 27 heavy (non-hydrogen) atoms. The van der Waals surface area contributed by atoms with Crippen LogP contribution in [0.5, 0.6) is 0 Å². The van der Waals surface area contributed by atoms with Crippen LogP contribution in [0.2, 0.25) is 0 Å². The van der Waals surface area contributed by atoms with E-state index in [1.54, 1.807) is 0 Å². The third-order valence-electron chi connectivity index (χ3n) is 3.60. The van der Waals surface area contributed by atoms with Crippen molar-refractivity contribution in [3.8, 4) is 0 Å². The molecule has 2 N–H and O–H groups in total. The van der Waals surface area contributed by atoms with Crippen LogP contribution in [-0.2, 0) is 32.1 Å². The lowest BCUT2D eigenvalue weighted by atomic mass is 10.1. The van der Waals surface area contributed by atoms with Gasteiger partial charge >= 0.3 is 6.18 Å². The Kier molecular flexibility index (Phi) is 9.50. The number of aromatic nitrogens is 2. The van der Waals surface area contributed by atoms with Crippen molar-refractivity contribution < 1.29 is 17.7 Å². The van der Waals surface area contributed by atoms with Crippen molar-refractivity contribution in [1.82, 2.24) is 20.8 Å². The summed E-state index contributed by atoms with van der Waals surface area (Å²) in [5.41, 5.74) is 0.961. The Morgan fingerprint density at radius 3 is 2.52 bits per heavy atom. The first-order valence-electron chi connectivity index (χ1n) is 8.39. The number of hydrogen-bond donors (Lipinski definition) is 2. The van der Waals surface area contributed by atoms with E-state index in [1.807, 2.05) is 20.8 Å². The van der Waals surface area contributed by atoms with E-state index >= 15 is 0 Å². The van der Waals surface area contributed by atoms with Crippen LogP contribution in [0, 0.1) is 0 Å². The first kappa shape index (κ1) is 23.7. The number of aliphatic imine (C=N–C) groups is 1. The molecule has 11 heteroatoms. The third-order valence-corrected chi connectivity index (χ3v) is 4.44. The molecule has 0 aliphatic rings. The maximum atomic E-state index is 12.6. The van der Waals surface area contributed by atoms with Crippen LogP contribution in [0.15, 0.2) is 14.9 Å². The predicted octanol–water partition coefficient (Wildman–Crippen LogP) is 4.15. The highest BCUT2D eigenvalue weighted by molar-refractivity contribution is 14.0. The quantitative estimate of drug-likeness (QED) is 0.328. The highest BCUT2D eigenvalue weighted by Crippen LogP contribution is 2.29. The normalized spacial score (nSPS) is 12.0. The molecule has 0 unspecified atom stereocenters. The highest BCUT2D eigenvalue weighted by atomic mass is 127. The van der Waals surface area contributed by atoms with Crippen molar-refractivity contribution in [1.29, 1.82) is 0 Å². The van der Waals surface area contributed by atoms with Crippen LogP contribution < -0.4 is 10.6 Å². The van der Waals surface area contributed by atoms with Gasteiger partial charge in [-0.2, -0.15) is 13.2 Å². The molecule has 0 aromatic carbocycles. The Hall–Kier alpha value is -1.37. The van der Waals surface area contributed by atoms with Gasteiger partial charge in [0.05, 0.1) is 18.8 Å². The van der Waals surface area contributed by atoms with Crippen molar-refractivity contribution in [2.24, 2.45) is 4.99 Å². The molecule has 6 nitrogen and oxygen atoms in total. The average molecular weight is 517 g/mol. The number of nitrogens with one attached hydrogen (secondary N) is 2. The third kappa shape index (κ3) is 6.63. The summed E-state index contributed by atoms with van der Waals surface area (Å²) in [7, 11) is 0. The van der Waals surface area contributed by atoms with Crippen LogP contribution in [0.25, 0.3) is 0 Å². The Balaban J connectivity index is 0.00000364. The van der Waals surface area contributed by atoms with Gasteiger partial charge in [0.1, 0.15) is 10.8 Å². The Bertz CT molecular complexity index is 723. The summed E-state index contributed by atoms with van der Waals surface area (Å²) < 4.78 is 43.2. The smallest absolute Gasteiger partial charge is 0.361 e. The molecule has 152 valence electrons. The summed E-state index contributed by atoms with van der Waals surface area (Å²) in [5.74, 6) is 1.30. The fourth-order valence-electron chi connectivity index (χ4n) is 2.30. The minimum absolute atomic E-state index is 0. The van der Waals surface area contributed by atoms with Crippen molar-refractivity contribution in [2.45, 2.75) is 52.9 Å². The van der Waals surface area contributed by atoms with Crippen LogP contribution in [0.3, 0.4) is 0 Å². The molecule has 2 heterocycles. The number of rotatable bonds is 7. The van der Waals surface area contributed by atoms with Gasteiger partial charge in [0, 0.05) is 23.9 Å². The van der Waals surface area contributed by atoms with E-state index < -0.39 is 11.9 Å². The van der Waals surface area contributed by atoms with Gasteiger partial charge < -0.3 is 15.2 Å². The van der Waals surface area contributed by atoms with Gasteiger partial charge in [-0.05, 0) is 13.3 Å². The lowest BCUT2D eigenvalue weighted by Crippen LogP contribution is -2.36. The minimum atomic E-state index is -4.42. The molecule has 2 aromatic heterocycles. The first-order chi connectivity index (χ1) is 12.4. The molecule has 0 fully saturated rings. The summed E-state index contributed by atoms with van der Waals surface area (Å²) >= 11 is 0.963. The maximum Gasteiger partial charge on any atom is 0.434 e. The van der Waals surface area contributed by atoms with Crippen LogP contribution >= 0.6 is 35.3 Å². The molecule has 0 aliphatic carbocycles. The van der Waals surface area contributed by atoms with Crippen LogP contribution in [0.4, 0.5) is 13.2 Å². The van der Waals surface area contributed by atoms with Crippen LogP contribution in [-0.4, -0.2) is 22.6 Å². The molecule has 0 spiro atoms. The standard InChI is InChI=1S/C16H22F3N5OS.HI/c1-4-11-10(12(5-2)25-24-11)7-21-15(20-6-3)22-8-14-23-13(9-26-14)16(17,18)19;/h9H,4-8H2,1-3H3,(H2,20,21,22);1H. The lowest BCUT2D eigenvalue weighted by molar-refractivity contribution is -0.140. The highest BCUT2D eigenvalue weighted by Gasteiger charge is 2.33. The molecular weight excluding hydrogens is 494 g/mol. The number of halogens is 4. The SMILES string of the molecule is CCNC(=NCc1c(CC)noc1CC)NCc1nc(C(F)(F)F)cs1.I. The largest absolute Gasteiger partial charge is 0.434 e. The number of thiazole rings is 1. The summed E-state index contributed by atoms with van der Waals surface area (Å²) in [6.45, 7) is 7.07. The number of hydrogen-bond acceptors (Lipinski definition) is 5. The van der Waals surface area contributed by atoms with Crippen molar-refractivity contribution >= 4 is 41.3 Å². The van der Waals surface area contributed by atoms with E-state index in [9.17, 15) is 13.2 Å². The van der Waals surface area contributed by atoms with E-state index in [-0.39, 0.29) is 30.5 Å². The molecule has 0 saturated carbocycles. The average Bonchev–Trinajstić information content (AvgIpc) is 3.23. The molecule has 0 radical (unpaired) electrons. The monoisotopic (exact) mass is 517 g/mol. The molecule has 0 atom stereocenters. The molecule has 2 aromatic rings. The van der Waals surface area contributed by atoms with Crippen molar-refractivity contribution in [3.05, 3.63) is 33.1 Å². The fraction of sp³-hybridized carbons (Fsp3) is 0.562. The lowest BCUT2D eigenvalue weighted by Gasteiger charge is -2.10. The van der Waals surface area contributed by atoms with E-state index in [4.69, 9.17) is 4.52 Å². The van der Waals surface area contributed by atoms with Gasteiger partial charge in [-0.15, -0.1) is 35.3 Å². The van der Waals surface area contributed by atoms with Crippen LogP contribution in [0.1, 0.15) is 48.5 Å². The van der Waals surface area contributed by atoms with E-state index in [1.165, 1.54) is 0 Å². The number of guanidine groups is 1. The van der Waals surface area contributed by atoms with Gasteiger partial charge in [-0.1, -0.05) is 19.0 Å². The zero-order valence-corrected chi connectivity index (χ0v) is 18.5. The second-order valence-electron chi connectivity index (χ2n) is 5.41. The van der Waals surface area contributed by atoms with E-state index in [2.05, 4.69) is 25.8 Å². The minimum Gasteiger partial charge on any atom is -0.361 e. The van der Waals surface area contributed by atoms with E-state index in [0.29, 0.717) is 24.1 Å². The van der Waals surface area contributed by atoms with Gasteiger partial charge in [-0.25, -0.2) is 9.98 Å². The number of aryl methyl sites for hydroxylation is 2. The molecule has 0 amide bonds. The molecule has 2 rings (SSSR count). The number of alkyl halides is 3. The molecule has 0 saturated heterocycles. The Morgan fingerprint density at radius 1 is 1.22 bits per heavy atom. The van der Waals surface area contributed by atoms with Gasteiger partial charge in [0.25, 0.3) is 0 Å². The Labute approximate surface area is 177 Å². The van der Waals surface area contributed by atoms with Gasteiger partial charge in [0.15, 0.2) is 11.7 Å². The van der Waals surface area contributed by atoms with Gasteiger partial charge in [-0.3, -0.25) is 0 Å². The number of nitrogens with zero attached hydrogens (tertiary/aromatic N) is 3. The summed E-state index contributed by atoms with van der Waals surface area (Å²) in [6.07, 6.45) is -2.95. The van der Waals surface area contributed by atoms with Crippen molar-refractivity contribution in [2.75, 3.05) is 6.54 Å². The summed E-state index contributed by atoms with van der Waals surface area (Å²) in [4.78, 5) is 8.09. The molecular formula is C16H23F3IN5OS.